The van der Waals surface area contributed by atoms with Crippen molar-refractivity contribution in [3.63, 3.8) is 0 Å². The van der Waals surface area contributed by atoms with Crippen LogP contribution in [0.4, 0.5) is 5.95 Å². The van der Waals surface area contributed by atoms with Crippen LogP contribution in [0.2, 0.25) is 0 Å². The van der Waals surface area contributed by atoms with Crippen molar-refractivity contribution in [2.24, 2.45) is 0 Å². The summed E-state index contributed by atoms with van der Waals surface area (Å²) in [5.41, 5.74) is 2.15. The molecule has 0 spiro atoms. The summed E-state index contributed by atoms with van der Waals surface area (Å²) >= 11 is 0. The second-order valence-electron chi connectivity index (χ2n) is 7.96. The Morgan fingerprint density at radius 2 is 1.96 bits per heavy atom. The average Bonchev–Trinajstić information content (AvgIpc) is 3.23. The van der Waals surface area contributed by atoms with Crippen LogP contribution >= 0.6 is 0 Å². The summed E-state index contributed by atoms with van der Waals surface area (Å²) in [6.45, 7) is 6.07. The van der Waals surface area contributed by atoms with Gasteiger partial charge in [0, 0.05) is 56.9 Å². The van der Waals surface area contributed by atoms with Crippen LogP contribution in [0.1, 0.15) is 42.5 Å². The largest absolute Gasteiger partial charge is 0.383 e. The lowest BCUT2D eigenvalue weighted by Crippen LogP contribution is -2.42. The smallest absolute Gasteiger partial charge is 0.222 e. The van der Waals surface area contributed by atoms with Gasteiger partial charge in [-0.1, -0.05) is 6.07 Å². The van der Waals surface area contributed by atoms with Crippen LogP contribution in [0.5, 0.6) is 0 Å². The predicted octanol–water partition coefficient (Wildman–Crippen LogP) is 2.25. The van der Waals surface area contributed by atoms with Gasteiger partial charge in [0.1, 0.15) is 5.60 Å². The molecule has 4 rings (SSSR count). The number of rotatable bonds is 6. The van der Waals surface area contributed by atoms with Crippen LogP contribution in [0.3, 0.4) is 0 Å². The summed E-state index contributed by atoms with van der Waals surface area (Å²) in [4.78, 5) is 15.6. The third-order valence-corrected chi connectivity index (χ3v) is 5.69. The minimum Gasteiger partial charge on any atom is -0.383 e. The molecule has 2 aromatic heterocycles. The first-order valence-electron chi connectivity index (χ1n) is 10.1. The maximum Gasteiger partial charge on any atom is 0.222 e. The standard InChI is InChI=1S/C21H29N5O2/c1-16-4-5-19(22-11-16)21(27)6-8-26(9-7-21)15-17-12-23-20(24-13-17)25-14-18-3-2-10-28-18/h4-5,11-13,18,27H,2-3,6-10,14-15H2,1H3,(H,23,24,25)/t18-/m0/s1. The Morgan fingerprint density at radius 3 is 2.61 bits per heavy atom. The predicted molar refractivity (Wildman–Crippen MR) is 107 cm³/mol. The van der Waals surface area contributed by atoms with Crippen molar-refractivity contribution in [3.05, 3.63) is 47.5 Å². The van der Waals surface area contributed by atoms with Crippen molar-refractivity contribution in [3.8, 4) is 0 Å². The summed E-state index contributed by atoms with van der Waals surface area (Å²) in [6, 6.07) is 3.96. The van der Waals surface area contributed by atoms with Gasteiger partial charge >= 0.3 is 0 Å². The highest BCUT2D eigenvalue weighted by molar-refractivity contribution is 5.25. The highest BCUT2D eigenvalue weighted by Crippen LogP contribution is 2.32. The molecule has 7 heteroatoms. The van der Waals surface area contributed by atoms with Crippen molar-refractivity contribution >= 4 is 5.95 Å². The number of aromatic nitrogens is 3. The fourth-order valence-electron chi connectivity index (χ4n) is 3.88. The van der Waals surface area contributed by atoms with E-state index in [1.807, 2.05) is 37.6 Å². The number of aliphatic hydroxyl groups is 1. The fourth-order valence-corrected chi connectivity index (χ4v) is 3.88. The van der Waals surface area contributed by atoms with E-state index in [0.717, 1.165) is 62.4 Å². The molecule has 2 aliphatic heterocycles. The molecular formula is C21H29N5O2. The first kappa shape index (κ1) is 19.2. The maximum atomic E-state index is 11.0. The number of piperidine rings is 1. The normalized spacial score (nSPS) is 22.3. The zero-order chi connectivity index (χ0) is 19.4. The highest BCUT2D eigenvalue weighted by atomic mass is 16.5. The van der Waals surface area contributed by atoms with Crippen LogP contribution in [0.15, 0.2) is 30.7 Å². The zero-order valence-electron chi connectivity index (χ0n) is 16.5. The van der Waals surface area contributed by atoms with E-state index < -0.39 is 5.60 Å². The van der Waals surface area contributed by atoms with Gasteiger partial charge in [-0.3, -0.25) is 9.88 Å². The van der Waals surface area contributed by atoms with Crippen molar-refractivity contribution in [1.82, 2.24) is 19.9 Å². The van der Waals surface area contributed by atoms with Crippen LogP contribution in [-0.2, 0) is 16.9 Å². The topological polar surface area (TPSA) is 83.4 Å². The minimum atomic E-state index is -0.823. The summed E-state index contributed by atoms with van der Waals surface area (Å²) in [5.74, 6) is 0.651. The summed E-state index contributed by atoms with van der Waals surface area (Å²) in [7, 11) is 0. The lowest BCUT2D eigenvalue weighted by molar-refractivity contribution is -0.0311. The molecule has 2 saturated heterocycles. The van der Waals surface area contributed by atoms with Gasteiger partial charge in [0.25, 0.3) is 0 Å². The molecule has 0 saturated carbocycles. The van der Waals surface area contributed by atoms with E-state index in [9.17, 15) is 5.11 Å². The summed E-state index contributed by atoms with van der Waals surface area (Å²) in [5, 5.41) is 14.2. The number of anilines is 1. The molecule has 0 aromatic carbocycles. The Balaban J connectivity index is 1.26. The van der Waals surface area contributed by atoms with Crippen molar-refractivity contribution in [2.75, 3.05) is 31.6 Å². The molecule has 0 bridgehead atoms. The van der Waals surface area contributed by atoms with Crippen LogP contribution in [-0.4, -0.2) is 57.3 Å². The van der Waals surface area contributed by atoms with Crippen LogP contribution in [0.25, 0.3) is 0 Å². The van der Waals surface area contributed by atoms with Gasteiger partial charge < -0.3 is 15.2 Å². The SMILES string of the molecule is Cc1ccc(C2(O)CCN(Cc3cnc(NC[C@@H]4CCCO4)nc3)CC2)nc1. The molecule has 1 atom stereocenters. The number of pyridine rings is 1. The lowest BCUT2D eigenvalue weighted by Gasteiger charge is -2.37. The van der Waals surface area contributed by atoms with Gasteiger partial charge in [0.2, 0.25) is 5.95 Å². The van der Waals surface area contributed by atoms with Gasteiger partial charge in [-0.05, 0) is 44.2 Å². The molecular weight excluding hydrogens is 354 g/mol. The molecule has 28 heavy (non-hydrogen) atoms. The van der Waals surface area contributed by atoms with E-state index >= 15 is 0 Å². The van der Waals surface area contributed by atoms with Gasteiger partial charge in [-0.2, -0.15) is 0 Å². The van der Waals surface area contributed by atoms with Crippen LogP contribution in [0, 0.1) is 6.92 Å². The quantitative estimate of drug-likeness (QED) is 0.791. The molecule has 4 heterocycles. The number of hydrogen-bond acceptors (Lipinski definition) is 7. The molecule has 0 amide bonds. The summed E-state index contributed by atoms with van der Waals surface area (Å²) in [6.07, 6.45) is 9.47. The number of nitrogens with one attached hydrogen (secondary N) is 1. The highest BCUT2D eigenvalue weighted by Gasteiger charge is 2.35. The number of ether oxygens (including phenoxy) is 1. The van der Waals surface area contributed by atoms with Crippen molar-refractivity contribution in [1.29, 1.82) is 0 Å². The van der Waals surface area contributed by atoms with Gasteiger partial charge in [-0.25, -0.2) is 9.97 Å². The number of likely N-dealkylation sites (tertiary alicyclic amines) is 1. The average molecular weight is 383 g/mol. The lowest BCUT2D eigenvalue weighted by atomic mass is 9.87. The monoisotopic (exact) mass is 383 g/mol. The molecule has 2 N–H and O–H groups in total. The third-order valence-electron chi connectivity index (χ3n) is 5.69. The minimum absolute atomic E-state index is 0.276. The Labute approximate surface area is 166 Å². The molecule has 2 aromatic rings. The molecule has 7 nitrogen and oxygen atoms in total. The Bertz CT molecular complexity index is 751. The van der Waals surface area contributed by atoms with E-state index in [1.165, 1.54) is 0 Å². The van der Waals surface area contributed by atoms with E-state index in [0.29, 0.717) is 18.8 Å². The summed E-state index contributed by atoms with van der Waals surface area (Å²) < 4.78 is 5.60. The molecule has 150 valence electrons. The van der Waals surface area contributed by atoms with Gasteiger partial charge in [0.05, 0.1) is 11.8 Å². The Kier molecular flexibility index (Phi) is 5.85. The number of hydrogen-bond donors (Lipinski definition) is 2. The van der Waals surface area contributed by atoms with Crippen LogP contribution < -0.4 is 5.32 Å². The fraction of sp³-hybridized carbons (Fsp3) is 0.571. The van der Waals surface area contributed by atoms with Crippen molar-refractivity contribution in [2.45, 2.75) is 50.9 Å². The van der Waals surface area contributed by atoms with Gasteiger partial charge in [-0.15, -0.1) is 0 Å². The third kappa shape index (κ3) is 4.66. The molecule has 2 fully saturated rings. The van der Waals surface area contributed by atoms with E-state index in [-0.39, 0.29) is 6.10 Å². The maximum absolute atomic E-state index is 11.0. The second kappa shape index (κ2) is 8.51. The zero-order valence-corrected chi connectivity index (χ0v) is 16.5. The van der Waals surface area contributed by atoms with E-state index in [2.05, 4.69) is 25.2 Å². The van der Waals surface area contributed by atoms with Gasteiger partial charge in [0.15, 0.2) is 0 Å². The Hall–Kier alpha value is -2.09. The molecule has 2 aliphatic rings. The second-order valence-corrected chi connectivity index (χ2v) is 7.96. The number of aryl methyl sites for hydroxylation is 1. The molecule has 0 unspecified atom stereocenters. The first-order chi connectivity index (χ1) is 13.6. The Morgan fingerprint density at radius 1 is 1.18 bits per heavy atom. The van der Waals surface area contributed by atoms with E-state index in [4.69, 9.17) is 4.74 Å². The van der Waals surface area contributed by atoms with E-state index in [1.54, 1.807) is 0 Å². The first-order valence-corrected chi connectivity index (χ1v) is 10.1. The number of nitrogens with zero attached hydrogens (tertiary/aromatic N) is 4. The van der Waals surface area contributed by atoms with Crippen molar-refractivity contribution < 1.29 is 9.84 Å². The molecule has 0 aliphatic carbocycles. The molecule has 0 radical (unpaired) electrons.